The van der Waals surface area contributed by atoms with Crippen molar-refractivity contribution in [2.24, 2.45) is 5.92 Å². The average Bonchev–Trinajstić information content (AvgIpc) is 2.45. The molecule has 0 radical (unpaired) electrons. The van der Waals surface area contributed by atoms with Crippen LogP contribution in [0, 0.1) is 12.8 Å². The quantitative estimate of drug-likeness (QED) is 0.753. The predicted octanol–water partition coefficient (Wildman–Crippen LogP) is 5.44. The van der Waals surface area contributed by atoms with Crippen LogP contribution in [0.15, 0.2) is 17.7 Å². The molecule has 3 atom stereocenters. The van der Waals surface area contributed by atoms with E-state index in [0.717, 1.165) is 29.9 Å². The van der Waals surface area contributed by atoms with Crippen LogP contribution in [0.3, 0.4) is 0 Å². The van der Waals surface area contributed by atoms with Crippen LogP contribution < -0.4 is 4.74 Å². The number of hydrogen-bond acceptors (Lipinski definition) is 2. The zero-order valence-corrected chi connectivity index (χ0v) is 14.3. The fraction of sp³-hybridized carbons (Fsp3) is 0.600. The second-order valence-corrected chi connectivity index (χ2v) is 7.38. The lowest BCUT2D eigenvalue weighted by Crippen LogP contribution is -2.30. The number of phenolic OH excluding ortho intramolecular Hbond substituents is 1. The van der Waals surface area contributed by atoms with Crippen molar-refractivity contribution in [3.63, 3.8) is 0 Å². The first-order valence-electron chi connectivity index (χ1n) is 8.61. The first-order valence-corrected chi connectivity index (χ1v) is 8.61. The van der Waals surface area contributed by atoms with Gasteiger partial charge in [0.1, 0.15) is 11.5 Å². The molecule has 0 saturated carbocycles. The zero-order valence-electron chi connectivity index (χ0n) is 14.3. The van der Waals surface area contributed by atoms with Gasteiger partial charge in [0, 0.05) is 17.0 Å². The van der Waals surface area contributed by atoms with Crippen LogP contribution >= 0.6 is 0 Å². The van der Waals surface area contributed by atoms with E-state index in [4.69, 9.17) is 4.74 Å². The van der Waals surface area contributed by atoms with E-state index >= 15 is 0 Å². The van der Waals surface area contributed by atoms with Gasteiger partial charge in [-0.3, -0.25) is 0 Å². The number of aryl methyl sites for hydroxylation is 1. The Morgan fingerprint density at radius 2 is 2.09 bits per heavy atom. The van der Waals surface area contributed by atoms with Crippen LogP contribution in [-0.2, 0) is 0 Å². The number of hydrogen-bond donors (Lipinski definition) is 1. The first-order chi connectivity index (χ1) is 10.5. The second-order valence-electron chi connectivity index (χ2n) is 7.38. The Kier molecular flexibility index (Phi) is 4.20. The van der Waals surface area contributed by atoms with Crippen LogP contribution in [0.1, 0.15) is 75.0 Å². The van der Waals surface area contributed by atoms with E-state index in [1.807, 2.05) is 6.07 Å². The highest BCUT2D eigenvalue weighted by molar-refractivity contribution is 5.57. The van der Waals surface area contributed by atoms with Crippen molar-refractivity contribution in [2.45, 2.75) is 65.2 Å². The molecule has 1 aromatic carbocycles. The lowest BCUT2D eigenvalue weighted by molar-refractivity contribution is 0.169. The van der Waals surface area contributed by atoms with Gasteiger partial charge >= 0.3 is 0 Å². The molecule has 0 spiro atoms. The van der Waals surface area contributed by atoms with Crippen molar-refractivity contribution < 1.29 is 9.84 Å². The third-order valence-corrected chi connectivity index (χ3v) is 5.40. The summed E-state index contributed by atoms with van der Waals surface area (Å²) in [5.74, 6) is 3.11. The van der Waals surface area contributed by atoms with Crippen LogP contribution in [-0.4, -0.2) is 11.7 Å². The molecule has 2 heteroatoms. The minimum atomic E-state index is 0.436. The van der Waals surface area contributed by atoms with E-state index < -0.39 is 0 Å². The molecule has 1 aromatic rings. The Morgan fingerprint density at radius 3 is 2.82 bits per heavy atom. The summed E-state index contributed by atoms with van der Waals surface area (Å²) in [4.78, 5) is 0. The second kappa shape index (κ2) is 5.98. The van der Waals surface area contributed by atoms with Crippen molar-refractivity contribution in [1.29, 1.82) is 0 Å². The molecule has 1 N–H and O–H groups in total. The van der Waals surface area contributed by atoms with Crippen molar-refractivity contribution in [2.75, 3.05) is 6.61 Å². The number of allylic oxidation sites excluding steroid dienone is 2. The molecule has 0 saturated heterocycles. The Hall–Kier alpha value is -1.44. The Bertz CT molecular complexity index is 596. The van der Waals surface area contributed by atoms with Gasteiger partial charge in [0.25, 0.3) is 0 Å². The molecule has 2 aliphatic rings. The maximum atomic E-state index is 10.4. The summed E-state index contributed by atoms with van der Waals surface area (Å²) in [5, 5.41) is 10.4. The van der Waals surface area contributed by atoms with Gasteiger partial charge in [-0.15, -0.1) is 0 Å². The average molecular weight is 300 g/mol. The normalized spacial score (nSPS) is 26.1. The van der Waals surface area contributed by atoms with Crippen molar-refractivity contribution in [3.05, 3.63) is 34.4 Å². The largest absolute Gasteiger partial charge is 0.508 e. The number of aromatic hydroxyl groups is 1. The van der Waals surface area contributed by atoms with Crippen molar-refractivity contribution in [3.8, 4) is 11.5 Å². The van der Waals surface area contributed by atoms with Crippen molar-refractivity contribution >= 4 is 0 Å². The first kappa shape index (κ1) is 15.5. The molecule has 0 bridgehead atoms. The van der Waals surface area contributed by atoms with E-state index in [0.29, 0.717) is 23.5 Å². The molecule has 2 unspecified atom stereocenters. The fourth-order valence-electron chi connectivity index (χ4n) is 4.27. The van der Waals surface area contributed by atoms with Gasteiger partial charge in [-0.25, -0.2) is 0 Å². The smallest absolute Gasteiger partial charge is 0.126 e. The van der Waals surface area contributed by atoms with Gasteiger partial charge in [-0.1, -0.05) is 18.6 Å². The predicted molar refractivity (Wildman–Crippen MR) is 90.9 cm³/mol. The molecule has 3 rings (SSSR count). The summed E-state index contributed by atoms with van der Waals surface area (Å²) in [6, 6.07) is 1.89. The minimum absolute atomic E-state index is 0.436. The zero-order chi connectivity index (χ0) is 15.9. The van der Waals surface area contributed by atoms with Crippen LogP contribution in [0.5, 0.6) is 11.5 Å². The van der Waals surface area contributed by atoms with E-state index in [1.54, 1.807) is 0 Å². The lowest BCUT2D eigenvalue weighted by Gasteiger charge is -2.40. The maximum Gasteiger partial charge on any atom is 0.126 e. The highest BCUT2D eigenvalue weighted by atomic mass is 16.5. The van der Waals surface area contributed by atoms with Crippen LogP contribution in [0.2, 0.25) is 0 Å². The van der Waals surface area contributed by atoms with Gasteiger partial charge in [0.05, 0.1) is 6.61 Å². The maximum absolute atomic E-state index is 10.4. The monoisotopic (exact) mass is 300 g/mol. The molecule has 2 nitrogen and oxygen atoms in total. The van der Waals surface area contributed by atoms with Gasteiger partial charge < -0.3 is 9.84 Å². The summed E-state index contributed by atoms with van der Waals surface area (Å²) < 4.78 is 6.14. The van der Waals surface area contributed by atoms with E-state index in [1.165, 1.54) is 30.4 Å². The van der Waals surface area contributed by atoms with Gasteiger partial charge in [-0.05, 0) is 69.9 Å². The summed E-state index contributed by atoms with van der Waals surface area (Å²) in [6.45, 7) is 9.43. The van der Waals surface area contributed by atoms with E-state index in [9.17, 15) is 5.11 Å². The Morgan fingerprint density at radius 1 is 1.32 bits per heavy atom. The fourth-order valence-corrected chi connectivity index (χ4v) is 4.27. The SMILES string of the molecule is CC(C)=CCC[C@@H]1COc2c(C)cc(O)c3c2C1CCC3C. The molecular weight excluding hydrogens is 272 g/mol. The molecule has 0 amide bonds. The highest BCUT2D eigenvalue weighted by Crippen LogP contribution is 2.53. The highest BCUT2D eigenvalue weighted by Gasteiger charge is 2.38. The third-order valence-electron chi connectivity index (χ3n) is 5.40. The number of benzene rings is 1. The number of ether oxygens (including phenoxy) is 1. The topological polar surface area (TPSA) is 29.5 Å². The minimum Gasteiger partial charge on any atom is -0.508 e. The molecule has 22 heavy (non-hydrogen) atoms. The Balaban J connectivity index is 1.95. The molecule has 1 aliphatic heterocycles. The standard InChI is InChI=1S/C20H28O2/c1-12(2)6-5-7-15-11-22-20-14(4)10-17(21)18-13(3)8-9-16(15)19(18)20/h6,10,13,15-16,21H,5,7-9,11H2,1-4H3/t13?,15-,16?/m1/s1. The summed E-state index contributed by atoms with van der Waals surface area (Å²) in [5.41, 5.74) is 4.95. The molecule has 1 aliphatic carbocycles. The van der Waals surface area contributed by atoms with Gasteiger partial charge in [-0.2, -0.15) is 0 Å². The molecule has 120 valence electrons. The summed E-state index contributed by atoms with van der Waals surface area (Å²) in [6.07, 6.45) is 7.04. The Labute approximate surface area is 134 Å². The van der Waals surface area contributed by atoms with E-state index in [2.05, 4.69) is 33.8 Å². The van der Waals surface area contributed by atoms with Crippen molar-refractivity contribution in [1.82, 2.24) is 0 Å². The lowest BCUT2D eigenvalue weighted by atomic mass is 9.69. The molecule has 0 fully saturated rings. The molecular formula is C20H28O2. The van der Waals surface area contributed by atoms with Crippen LogP contribution in [0.4, 0.5) is 0 Å². The van der Waals surface area contributed by atoms with Gasteiger partial charge in [0.15, 0.2) is 0 Å². The number of phenols is 1. The number of rotatable bonds is 3. The summed E-state index contributed by atoms with van der Waals surface area (Å²) in [7, 11) is 0. The van der Waals surface area contributed by atoms with E-state index in [-0.39, 0.29) is 0 Å². The van der Waals surface area contributed by atoms with Crippen LogP contribution in [0.25, 0.3) is 0 Å². The summed E-state index contributed by atoms with van der Waals surface area (Å²) >= 11 is 0. The third kappa shape index (κ3) is 2.64. The van der Waals surface area contributed by atoms with Gasteiger partial charge in [0.2, 0.25) is 0 Å². The molecule has 0 aromatic heterocycles. The molecule has 1 heterocycles.